The summed E-state index contributed by atoms with van der Waals surface area (Å²) < 4.78 is 0. The first-order valence-electron chi connectivity index (χ1n) is 7.63. The van der Waals surface area contributed by atoms with Gasteiger partial charge in [-0.05, 0) is 28.5 Å². The number of rotatable bonds is 5. The van der Waals surface area contributed by atoms with E-state index in [2.05, 4.69) is 10.3 Å². The van der Waals surface area contributed by atoms with Crippen LogP contribution in [0.2, 0.25) is 0 Å². The number of primary amides is 1. The van der Waals surface area contributed by atoms with E-state index < -0.39 is 17.9 Å². The van der Waals surface area contributed by atoms with E-state index in [1.807, 2.05) is 42.5 Å². The van der Waals surface area contributed by atoms with Crippen molar-refractivity contribution in [2.75, 3.05) is 0 Å². The largest absolute Gasteiger partial charge is 0.368 e. The molecule has 24 heavy (non-hydrogen) atoms. The first-order chi connectivity index (χ1) is 11.6. The number of pyridine rings is 1. The van der Waals surface area contributed by atoms with Gasteiger partial charge in [-0.2, -0.15) is 0 Å². The van der Waals surface area contributed by atoms with E-state index in [1.54, 1.807) is 18.2 Å². The predicted octanol–water partition coefficient (Wildman–Crippen LogP) is 2.06. The van der Waals surface area contributed by atoms with E-state index in [0.717, 1.165) is 16.3 Å². The quantitative estimate of drug-likeness (QED) is 0.755. The molecule has 0 unspecified atom stereocenters. The third kappa shape index (κ3) is 3.41. The average molecular weight is 319 g/mol. The number of carbonyl (C=O) groups is 2. The van der Waals surface area contributed by atoms with Crippen molar-refractivity contribution >= 4 is 22.6 Å². The third-order valence-corrected chi connectivity index (χ3v) is 3.85. The molecule has 3 rings (SSSR count). The van der Waals surface area contributed by atoms with Gasteiger partial charge in [0.15, 0.2) is 0 Å². The molecule has 0 spiro atoms. The van der Waals surface area contributed by atoms with Crippen LogP contribution in [0.15, 0.2) is 66.9 Å². The fourth-order valence-corrected chi connectivity index (χ4v) is 2.64. The molecule has 1 heterocycles. The summed E-state index contributed by atoms with van der Waals surface area (Å²) in [5, 5.41) is 4.79. The lowest BCUT2D eigenvalue weighted by atomic mass is 9.98. The summed E-state index contributed by atoms with van der Waals surface area (Å²) in [5.74, 6) is -0.994. The van der Waals surface area contributed by atoms with Crippen molar-refractivity contribution in [2.24, 2.45) is 5.73 Å². The van der Waals surface area contributed by atoms with Gasteiger partial charge in [-0.3, -0.25) is 14.6 Å². The van der Waals surface area contributed by atoms with Gasteiger partial charge in [0.1, 0.15) is 11.7 Å². The van der Waals surface area contributed by atoms with Gasteiger partial charge >= 0.3 is 0 Å². The Morgan fingerprint density at radius 3 is 2.50 bits per heavy atom. The first-order valence-corrected chi connectivity index (χ1v) is 7.63. The van der Waals surface area contributed by atoms with Gasteiger partial charge in [0.25, 0.3) is 5.91 Å². The van der Waals surface area contributed by atoms with Crippen molar-refractivity contribution in [2.45, 2.75) is 12.5 Å². The number of carbonyl (C=O) groups excluding carboxylic acids is 2. The van der Waals surface area contributed by atoms with E-state index in [-0.39, 0.29) is 5.69 Å². The summed E-state index contributed by atoms with van der Waals surface area (Å²) in [6.07, 6.45) is 1.86. The van der Waals surface area contributed by atoms with Crippen LogP contribution in [0.4, 0.5) is 0 Å². The highest BCUT2D eigenvalue weighted by Crippen LogP contribution is 2.19. The molecule has 2 aromatic carbocycles. The zero-order chi connectivity index (χ0) is 16.9. The van der Waals surface area contributed by atoms with Crippen LogP contribution in [0.1, 0.15) is 16.1 Å². The fourth-order valence-electron chi connectivity index (χ4n) is 2.64. The van der Waals surface area contributed by atoms with Gasteiger partial charge < -0.3 is 11.1 Å². The second-order valence-electron chi connectivity index (χ2n) is 5.49. The van der Waals surface area contributed by atoms with E-state index in [4.69, 9.17) is 5.73 Å². The Morgan fingerprint density at radius 2 is 1.75 bits per heavy atom. The highest BCUT2D eigenvalue weighted by atomic mass is 16.2. The summed E-state index contributed by atoms with van der Waals surface area (Å²) in [6, 6.07) is 18.0. The van der Waals surface area contributed by atoms with E-state index in [0.29, 0.717) is 6.42 Å². The van der Waals surface area contributed by atoms with Crippen molar-refractivity contribution in [1.82, 2.24) is 10.3 Å². The molecular formula is C19H17N3O2. The number of hydrogen-bond acceptors (Lipinski definition) is 3. The number of nitrogens with zero attached hydrogens (tertiary/aromatic N) is 1. The van der Waals surface area contributed by atoms with E-state index in [1.165, 1.54) is 6.20 Å². The Hall–Kier alpha value is -3.21. The molecule has 3 N–H and O–H groups in total. The molecule has 5 heteroatoms. The first kappa shape index (κ1) is 15.7. The second kappa shape index (κ2) is 6.91. The number of fused-ring (bicyclic) bond motifs is 1. The van der Waals surface area contributed by atoms with Crippen molar-refractivity contribution in [1.29, 1.82) is 0 Å². The van der Waals surface area contributed by atoms with Gasteiger partial charge in [-0.1, -0.05) is 48.5 Å². The maximum absolute atomic E-state index is 12.2. The third-order valence-electron chi connectivity index (χ3n) is 3.85. The van der Waals surface area contributed by atoms with E-state index in [9.17, 15) is 9.59 Å². The molecule has 0 aliphatic carbocycles. The molecule has 0 saturated carbocycles. The lowest BCUT2D eigenvalue weighted by Crippen LogP contribution is -2.46. The van der Waals surface area contributed by atoms with Crippen molar-refractivity contribution in [3.63, 3.8) is 0 Å². The lowest BCUT2D eigenvalue weighted by molar-refractivity contribution is -0.119. The molecule has 0 radical (unpaired) electrons. The van der Waals surface area contributed by atoms with Crippen LogP contribution < -0.4 is 11.1 Å². The minimum absolute atomic E-state index is 0.252. The molecule has 1 atom stereocenters. The molecule has 120 valence electrons. The van der Waals surface area contributed by atoms with Crippen molar-refractivity contribution < 1.29 is 9.59 Å². The normalized spacial score (nSPS) is 11.8. The Kier molecular flexibility index (Phi) is 4.52. The number of benzene rings is 2. The zero-order valence-electron chi connectivity index (χ0n) is 13.0. The van der Waals surface area contributed by atoms with Gasteiger partial charge in [-0.25, -0.2) is 0 Å². The van der Waals surface area contributed by atoms with Crippen LogP contribution >= 0.6 is 0 Å². The average Bonchev–Trinajstić information content (AvgIpc) is 2.62. The summed E-state index contributed by atoms with van der Waals surface area (Å²) >= 11 is 0. The molecule has 0 aliphatic heterocycles. The summed E-state index contributed by atoms with van der Waals surface area (Å²) in [4.78, 5) is 28.0. The summed E-state index contributed by atoms with van der Waals surface area (Å²) in [5.41, 5.74) is 6.69. The molecule has 0 saturated heterocycles. The second-order valence-corrected chi connectivity index (χ2v) is 5.49. The molecule has 0 fully saturated rings. The Labute approximate surface area is 139 Å². The van der Waals surface area contributed by atoms with Crippen molar-refractivity contribution in [3.05, 3.63) is 78.1 Å². The van der Waals surface area contributed by atoms with Crippen LogP contribution in [0, 0.1) is 0 Å². The molecule has 5 nitrogen and oxygen atoms in total. The van der Waals surface area contributed by atoms with Gasteiger partial charge in [-0.15, -0.1) is 0 Å². The lowest BCUT2D eigenvalue weighted by Gasteiger charge is -2.16. The highest BCUT2D eigenvalue weighted by Gasteiger charge is 2.20. The van der Waals surface area contributed by atoms with Crippen LogP contribution in [-0.4, -0.2) is 22.8 Å². The Balaban J connectivity index is 1.84. The summed E-state index contributed by atoms with van der Waals surface area (Å²) in [7, 11) is 0. The minimum Gasteiger partial charge on any atom is -0.368 e. The molecule has 1 aromatic heterocycles. The SMILES string of the molecule is NC(=O)[C@H](Cc1cccc2ccccc12)NC(=O)c1ccccn1. The zero-order valence-corrected chi connectivity index (χ0v) is 13.0. The number of nitrogens with one attached hydrogen (secondary N) is 1. The van der Waals surface area contributed by atoms with E-state index >= 15 is 0 Å². The Bertz CT molecular complexity index is 873. The van der Waals surface area contributed by atoms with Gasteiger partial charge in [0, 0.05) is 12.6 Å². The number of amides is 2. The standard InChI is InChI=1S/C19H17N3O2/c20-18(23)17(22-19(24)16-10-3-4-11-21-16)12-14-8-5-7-13-6-1-2-9-15(13)14/h1-11,17H,12H2,(H2,20,23)(H,22,24)/t17-/m0/s1. The van der Waals surface area contributed by atoms with Crippen LogP contribution in [-0.2, 0) is 11.2 Å². The summed E-state index contributed by atoms with van der Waals surface area (Å²) in [6.45, 7) is 0. The molecule has 2 amide bonds. The van der Waals surface area contributed by atoms with Crippen LogP contribution in [0.3, 0.4) is 0 Å². The molecule has 3 aromatic rings. The number of aromatic nitrogens is 1. The number of hydrogen-bond donors (Lipinski definition) is 2. The molecule has 0 aliphatic rings. The maximum atomic E-state index is 12.2. The van der Waals surface area contributed by atoms with Gasteiger partial charge in [0.2, 0.25) is 5.91 Å². The van der Waals surface area contributed by atoms with Gasteiger partial charge in [0.05, 0.1) is 0 Å². The predicted molar refractivity (Wildman–Crippen MR) is 92.3 cm³/mol. The van der Waals surface area contributed by atoms with Crippen LogP contribution in [0.25, 0.3) is 10.8 Å². The maximum Gasteiger partial charge on any atom is 0.270 e. The topological polar surface area (TPSA) is 85.1 Å². The monoisotopic (exact) mass is 319 g/mol. The fraction of sp³-hybridized carbons (Fsp3) is 0.105. The molecule has 0 bridgehead atoms. The molecular weight excluding hydrogens is 302 g/mol. The Morgan fingerprint density at radius 1 is 1.00 bits per heavy atom. The van der Waals surface area contributed by atoms with Crippen molar-refractivity contribution in [3.8, 4) is 0 Å². The smallest absolute Gasteiger partial charge is 0.270 e. The number of nitrogens with two attached hydrogens (primary N) is 1. The van der Waals surface area contributed by atoms with Crippen LogP contribution in [0.5, 0.6) is 0 Å². The highest BCUT2D eigenvalue weighted by molar-refractivity contribution is 5.96. The minimum atomic E-state index is -0.801.